The molecule has 106 valence electrons. The summed E-state index contributed by atoms with van der Waals surface area (Å²) in [7, 11) is 0. The molecule has 1 aromatic carbocycles. The van der Waals surface area contributed by atoms with Gasteiger partial charge in [0.25, 0.3) is 0 Å². The zero-order valence-electron chi connectivity index (χ0n) is 11.0. The van der Waals surface area contributed by atoms with Gasteiger partial charge in [0.05, 0.1) is 5.02 Å². The van der Waals surface area contributed by atoms with Gasteiger partial charge in [0, 0.05) is 18.7 Å². The van der Waals surface area contributed by atoms with Crippen LogP contribution >= 0.6 is 23.4 Å². The van der Waals surface area contributed by atoms with E-state index in [2.05, 4.69) is 15.3 Å². The summed E-state index contributed by atoms with van der Waals surface area (Å²) in [4.78, 5) is 8.50. The van der Waals surface area contributed by atoms with Crippen LogP contribution in [-0.4, -0.2) is 22.8 Å². The number of aromatic nitrogens is 2. The molecule has 0 aliphatic heterocycles. The molecule has 1 N–H and O–H groups in total. The van der Waals surface area contributed by atoms with Crippen molar-refractivity contribution < 1.29 is 9.13 Å². The second-order valence-electron chi connectivity index (χ2n) is 3.79. The first-order chi connectivity index (χ1) is 9.62. The van der Waals surface area contributed by atoms with Gasteiger partial charge >= 0.3 is 0 Å². The number of rotatable bonds is 5. The van der Waals surface area contributed by atoms with E-state index in [1.165, 1.54) is 23.9 Å². The van der Waals surface area contributed by atoms with E-state index >= 15 is 0 Å². The lowest BCUT2D eigenvalue weighted by molar-refractivity contribution is 0.451. The zero-order chi connectivity index (χ0) is 14.5. The van der Waals surface area contributed by atoms with Crippen LogP contribution in [0.1, 0.15) is 6.92 Å². The first-order valence-corrected chi connectivity index (χ1v) is 7.52. The molecule has 0 saturated carbocycles. The third-order valence-corrected chi connectivity index (χ3v) is 3.19. The maximum absolute atomic E-state index is 13.4. The Labute approximate surface area is 125 Å². The van der Waals surface area contributed by atoms with E-state index in [0.717, 1.165) is 6.54 Å². The number of hydrogen-bond acceptors (Lipinski definition) is 5. The molecule has 20 heavy (non-hydrogen) atoms. The standard InChI is InChI=1S/C13H13ClFN3OS/c1-3-16-11-7-12(18-13(17-11)20-2)19-8-4-5-9(14)10(15)6-8/h4-7H,3H2,1-2H3,(H,16,17,18). The molecule has 2 aromatic rings. The van der Waals surface area contributed by atoms with E-state index in [-0.39, 0.29) is 5.02 Å². The van der Waals surface area contributed by atoms with E-state index in [4.69, 9.17) is 16.3 Å². The monoisotopic (exact) mass is 313 g/mol. The molecular formula is C13H13ClFN3OS. The molecule has 4 nitrogen and oxygen atoms in total. The molecular weight excluding hydrogens is 301 g/mol. The van der Waals surface area contributed by atoms with E-state index in [1.54, 1.807) is 12.1 Å². The summed E-state index contributed by atoms with van der Waals surface area (Å²) in [5.41, 5.74) is 0. The van der Waals surface area contributed by atoms with Crippen molar-refractivity contribution in [1.82, 2.24) is 9.97 Å². The van der Waals surface area contributed by atoms with E-state index in [9.17, 15) is 4.39 Å². The number of nitrogens with zero attached hydrogens (tertiary/aromatic N) is 2. The number of nitrogens with one attached hydrogen (secondary N) is 1. The molecule has 2 rings (SSSR count). The molecule has 7 heteroatoms. The molecule has 0 aliphatic carbocycles. The SMILES string of the molecule is CCNc1cc(Oc2ccc(Cl)c(F)c2)nc(SC)n1. The van der Waals surface area contributed by atoms with Crippen LogP contribution in [0.4, 0.5) is 10.2 Å². The highest BCUT2D eigenvalue weighted by molar-refractivity contribution is 7.98. The van der Waals surface area contributed by atoms with Crippen LogP contribution in [0.25, 0.3) is 0 Å². The van der Waals surface area contributed by atoms with Gasteiger partial charge in [-0.3, -0.25) is 0 Å². The molecule has 0 amide bonds. The molecule has 0 aliphatic rings. The maximum atomic E-state index is 13.4. The lowest BCUT2D eigenvalue weighted by Gasteiger charge is -2.09. The topological polar surface area (TPSA) is 47.0 Å². The summed E-state index contributed by atoms with van der Waals surface area (Å²) < 4.78 is 18.9. The van der Waals surface area contributed by atoms with E-state index in [0.29, 0.717) is 22.6 Å². The Morgan fingerprint density at radius 1 is 1.35 bits per heavy atom. The first kappa shape index (κ1) is 14.9. The Morgan fingerprint density at radius 2 is 2.15 bits per heavy atom. The summed E-state index contributed by atoms with van der Waals surface area (Å²) in [5, 5.41) is 3.72. The average molecular weight is 314 g/mol. The fourth-order valence-corrected chi connectivity index (χ4v) is 1.97. The molecule has 0 radical (unpaired) electrons. The van der Waals surface area contributed by atoms with Crippen LogP contribution in [0, 0.1) is 5.82 Å². The van der Waals surface area contributed by atoms with Gasteiger partial charge < -0.3 is 10.1 Å². The van der Waals surface area contributed by atoms with Crippen LogP contribution in [-0.2, 0) is 0 Å². The third kappa shape index (κ3) is 3.74. The van der Waals surface area contributed by atoms with Crippen molar-refractivity contribution in [2.75, 3.05) is 18.1 Å². The summed E-state index contributed by atoms with van der Waals surface area (Å²) >= 11 is 7.03. The Bertz CT molecular complexity index is 612. The molecule has 0 spiro atoms. The third-order valence-electron chi connectivity index (χ3n) is 2.34. The van der Waals surface area contributed by atoms with Gasteiger partial charge in [-0.25, -0.2) is 9.37 Å². The Hall–Kier alpha value is -1.53. The summed E-state index contributed by atoms with van der Waals surface area (Å²) in [6.45, 7) is 2.70. The molecule has 1 aromatic heterocycles. The van der Waals surface area contributed by atoms with Crippen molar-refractivity contribution in [1.29, 1.82) is 0 Å². The first-order valence-electron chi connectivity index (χ1n) is 5.92. The van der Waals surface area contributed by atoms with Crippen molar-refractivity contribution in [2.24, 2.45) is 0 Å². The Balaban J connectivity index is 2.27. The number of anilines is 1. The minimum atomic E-state index is -0.532. The highest BCUT2D eigenvalue weighted by Gasteiger charge is 2.07. The van der Waals surface area contributed by atoms with Crippen LogP contribution in [0.2, 0.25) is 5.02 Å². The zero-order valence-corrected chi connectivity index (χ0v) is 12.6. The Kier molecular flexibility index (Phi) is 5.03. The molecule has 1 heterocycles. The predicted octanol–water partition coefficient (Wildman–Crippen LogP) is 4.22. The van der Waals surface area contributed by atoms with Crippen LogP contribution in [0.5, 0.6) is 11.6 Å². The predicted molar refractivity (Wildman–Crippen MR) is 79.5 cm³/mol. The van der Waals surface area contributed by atoms with Crippen LogP contribution < -0.4 is 10.1 Å². The van der Waals surface area contributed by atoms with Gasteiger partial charge in [-0.2, -0.15) is 4.98 Å². The summed E-state index contributed by atoms with van der Waals surface area (Å²) in [6, 6.07) is 5.90. The lowest BCUT2D eigenvalue weighted by Crippen LogP contribution is -2.02. The normalized spacial score (nSPS) is 10.4. The van der Waals surface area contributed by atoms with Gasteiger partial charge in [0.2, 0.25) is 5.88 Å². The van der Waals surface area contributed by atoms with Gasteiger partial charge in [0.15, 0.2) is 5.16 Å². The van der Waals surface area contributed by atoms with Gasteiger partial charge in [0.1, 0.15) is 17.4 Å². The van der Waals surface area contributed by atoms with Crippen molar-refractivity contribution in [2.45, 2.75) is 12.1 Å². The van der Waals surface area contributed by atoms with Crippen LogP contribution in [0.3, 0.4) is 0 Å². The molecule has 0 bridgehead atoms. The quantitative estimate of drug-likeness (QED) is 0.661. The molecule has 0 unspecified atom stereocenters. The second kappa shape index (κ2) is 6.76. The van der Waals surface area contributed by atoms with Gasteiger partial charge in [-0.1, -0.05) is 23.4 Å². The highest BCUT2D eigenvalue weighted by atomic mass is 35.5. The summed E-state index contributed by atoms with van der Waals surface area (Å²) in [5.74, 6) is 0.814. The fourth-order valence-electron chi connectivity index (χ4n) is 1.48. The lowest BCUT2D eigenvalue weighted by atomic mass is 10.3. The second-order valence-corrected chi connectivity index (χ2v) is 4.97. The molecule has 0 atom stereocenters. The number of halogens is 2. The van der Waals surface area contributed by atoms with Crippen molar-refractivity contribution in [3.05, 3.63) is 35.1 Å². The van der Waals surface area contributed by atoms with Crippen molar-refractivity contribution in [3.63, 3.8) is 0 Å². The minimum Gasteiger partial charge on any atom is -0.439 e. The van der Waals surface area contributed by atoms with Crippen LogP contribution in [0.15, 0.2) is 29.4 Å². The van der Waals surface area contributed by atoms with Gasteiger partial charge in [-0.05, 0) is 25.3 Å². The average Bonchev–Trinajstić information content (AvgIpc) is 2.43. The minimum absolute atomic E-state index is 0.0539. The maximum Gasteiger partial charge on any atom is 0.225 e. The summed E-state index contributed by atoms with van der Waals surface area (Å²) in [6.07, 6.45) is 1.87. The smallest absolute Gasteiger partial charge is 0.225 e. The van der Waals surface area contributed by atoms with Crippen molar-refractivity contribution >= 4 is 29.2 Å². The number of benzene rings is 1. The molecule has 0 saturated heterocycles. The van der Waals surface area contributed by atoms with Gasteiger partial charge in [-0.15, -0.1) is 0 Å². The molecule has 0 fully saturated rings. The number of ether oxygens (including phenoxy) is 1. The number of thioether (sulfide) groups is 1. The number of hydrogen-bond donors (Lipinski definition) is 1. The van der Waals surface area contributed by atoms with Crippen molar-refractivity contribution in [3.8, 4) is 11.6 Å². The highest BCUT2D eigenvalue weighted by Crippen LogP contribution is 2.26. The largest absolute Gasteiger partial charge is 0.439 e. The van der Waals surface area contributed by atoms with E-state index in [1.807, 2.05) is 13.2 Å². The fraction of sp³-hybridized carbons (Fsp3) is 0.231. The van der Waals surface area contributed by atoms with E-state index < -0.39 is 5.82 Å². The Morgan fingerprint density at radius 3 is 2.80 bits per heavy atom.